The summed E-state index contributed by atoms with van der Waals surface area (Å²) in [7, 11) is 0. The molecule has 1 aliphatic rings. The van der Waals surface area contributed by atoms with Crippen molar-refractivity contribution in [3.05, 3.63) is 0 Å². The molecule has 1 fully saturated rings. The van der Waals surface area contributed by atoms with Crippen molar-refractivity contribution in [3.8, 4) is 0 Å². The lowest BCUT2D eigenvalue weighted by molar-refractivity contribution is -0.142. The van der Waals surface area contributed by atoms with Gasteiger partial charge in [0.2, 0.25) is 0 Å². The van der Waals surface area contributed by atoms with E-state index in [2.05, 4.69) is 10.6 Å². The molecule has 0 spiro atoms. The highest BCUT2D eigenvalue weighted by Crippen LogP contribution is 2.23. The molecule has 1 heterocycles. The maximum absolute atomic E-state index is 12.1. The van der Waals surface area contributed by atoms with Crippen LogP contribution in [0.15, 0.2) is 0 Å². The van der Waals surface area contributed by atoms with Gasteiger partial charge in [0.05, 0.1) is 18.7 Å². The summed E-state index contributed by atoms with van der Waals surface area (Å²) in [6, 6.07) is 0. The highest BCUT2D eigenvalue weighted by atomic mass is 16.6. The van der Waals surface area contributed by atoms with E-state index in [1.807, 2.05) is 0 Å². The summed E-state index contributed by atoms with van der Waals surface area (Å²) in [5, 5.41) is 14.6. The van der Waals surface area contributed by atoms with Crippen molar-refractivity contribution in [1.82, 2.24) is 15.5 Å². The second-order valence-corrected chi connectivity index (χ2v) is 7.09. The molecule has 1 saturated heterocycles. The molecule has 9 nitrogen and oxygen atoms in total. The van der Waals surface area contributed by atoms with E-state index >= 15 is 0 Å². The maximum atomic E-state index is 12.1. The van der Waals surface area contributed by atoms with E-state index < -0.39 is 23.3 Å². The van der Waals surface area contributed by atoms with Crippen LogP contribution in [0, 0.1) is 0 Å². The fourth-order valence-corrected chi connectivity index (χ4v) is 2.63. The molecule has 0 unspecified atom stereocenters. The van der Waals surface area contributed by atoms with Crippen LogP contribution < -0.4 is 10.6 Å². The van der Waals surface area contributed by atoms with Crippen molar-refractivity contribution < 1.29 is 29.0 Å². The van der Waals surface area contributed by atoms with Crippen LogP contribution >= 0.6 is 0 Å². The molecule has 1 rings (SSSR count). The van der Waals surface area contributed by atoms with Gasteiger partial charge in [-0.25, -0.2) is 9.59 Å². The van der Waals surface area contributed by atoms with Gasteiger partial charge in [-0.05, 0) is 40.5 Å². The zero-order chi connectivity index (χ0) is 19.1. The number of rotatable bonds is 6. The minimum Gasteiger partial charge on any atom is -0.465 e. The van der Waals surface area contributed by atoms with E-state index in [1.165, 1.54) is 0 Å². The number of hydrogen-bond acceptors (Lipinski definition) is 6. The Labute approximate surface area is 148 Å². The van der Waals surface area contributed by atoms with Crippen molar-refractivity contribution >= 4 is 18.2 Å². The predicted molar refractivity (Wildman–Crippen MR) is 90.4 cm³/mol. The topological polar surface area (TPSA) is 117 Å². The van der Waals surface area contributed by atoms with Crippen LogP contribution in [0.3, 0.4) is 0 Å². The molecule has 0 aromatic carbocycles. The molecule has 0 aliphatic carbocycles. The normalized spacial score (nSPS) is 16.9. The summed E-state index contributed by atoms with van der Waals surface area (Å²) < 4.78 is 10.2. The lowest BCUT2D eigenvalue weighted by Gasteiger charge is -2.41. The summed E-state index contributed by atoms with van der Waals surface area (Å²) in [5.74, 6) is -0.390. The quantitative estimate of drug-likeness (QED) is 0.610. The minimum atomic E-state index is -1.14. The number of carbonyl (C=O) groups is 3. The van der Waals surface area contributed by atoms with Crippen LogP contribution in [0.2, 0.25) is 0 Å². The number of carboxylic acid groups (broad SMARTS) is 1. The SMILES string of the molecule is CCOC(=O)CNCC1(NC(=O)O)CCN(C(=O)OC(C)(C)C)CC1. The Balaban J connectivity index is 2.59. The highest BCUT2D eigenvalue weighted by Gasteiger charge is 2.38. The van der Waals surface area contributed by atoms with Crippen LogP contribution in [0.5, 0.6) is 0 Å². The first-order valence-corrected chi connectivity index (χ1v) is 8.42. The maximum Gasteiger partial charge on any atom is 0.410 e. The zero-order valence-electron chi connectivity index (χ0n) is 15.4. The number of esters is 1. The standard InChI is InChI=1S/C16H29N3O6/c1-5-24-12(20)10-17-11-16(18-13(21)22)6-8-19(9-7-16)14(23)25-15(2,3)4/h17-18H,5-11H2,1-4H3,(H,21,22). The predicted octanol–water partition coefficient (Wildman–Crippen LogP) is 1.18. The molecule has 0 aromatic heterocycles. The van der Waals surface area contributed by atoms with Crippen LogP contribution in [-0.2, 0) is 14.3 Å². The number of hydrogen-bond donors (Lipinski definition) is 3. The average Bonchev–Trinajstić information content (AvgIpc) is 2.45. The fourth-order valence-electron chi connectivity index (χ4n) is 2.63. The van der Waals surface area contributed by atoms with Crippen molar-refractivity contribution in [3.63, 3.8) is 0 Å². The van der Waals surface area contributed by atoms with Gasteiger partial charge >= 0.3 is 18.2 Å². The van der Waals surface area contributed by atoms with E-state index in [0.717, 1.165) is 0 Å². The van der Waals surface area contributed by atoms with Gasteiger partial charge in [-0.1, -0.05) is 0 Å². The molecule has 144 valence electrons. The van der Waals surface area contributed by atoms with Gasteiger partial charge in [0, 0.05) is 19.6 Å². The molecule has 1 aliphatic heterocycles. The van der Waals surface area contributed by atoms with Crippen LogP contribution in [0.1, 0.15) is 40.5 Å². The number of piperidine rings is 1. The summed E-state index contributed by atoms with van der Waals surface area (Å²) in [6.45, 7) is 8.43. The van der Waals surface area contributed by atoms with Gasteiger partial charge in [0.15, 0.2) is 0 Å². The van der Waals surface area contributed by atoms with Gasteiger partial charge in [0.1, 0.15) is 5.60 Å². The number of carbonyl (C=O) groups excluding carboxylic acids is 2. The van der Waals surface area contributed by atoms with Crippen molar-refractivity contribution in [2.75, 3.05) is 32.8 Å². The largest absolute Gasteiger partial charge is 0.465 e. The molecule has 0 radical (unpaired) electrons. The van der Waals surface area contributed by atoms with Crippen LogP contribution in [0.25, 0.3) is 0 Å². The molecular formula is C16H29N3O6. The fraction of sp³-hybridized carbons (Fsp3) is 0.812. The van der Waals surface area contributed by atoms with Gasteiger partial charge in [-0.2, -0.15) is 0 Å². The summed E-state index contributed by atoms with van der Waals surface area (Å²) in [6.07, 6.45) is -0.692. The van der Waals surface area contributed by atoms with Gasteiger partial charge < -0.3 is 30.1 Å². The number of amides is 2. The van der Waals surface area contributed by atoms with Crippen LogP contribution in [-0.4, -0.2) is 72.1 Å². The summed E-state index contributed by atoms with van der Waals surface area (Å²) in [5.41, 5.74) is -1.32. The summed E-state index contributed by atoms with van der Waals surface area (Å²) in [4.78, 5) is 36.2. The first-order chi connectivity index (χ1) is 11.6. The monoisotopic (exact) mass is 359 g/mol. The highest BCUT2D eigenvalue weighted by molar-refractivity contribution is 5.71. The number of nitrogens with one attached hydrogen (secondary N) is 2. The van der Waals surface area contributed by atoms with Crippen molar-refractivity contribution in [1.29, 1.82) is 0 Å². The van der Waals surface area contributed by atoms with Gasteiger partial charge in [-0.15, -0.1) is 0 Å². The van der Waals surface area contributed by atoms with Crippen LogP contribution in [0.4, 0.5) is 9.59 Å². The lowest BCUT2D eigenvalue weighted by Crippen LogP contribution is -2.61. The van der Waals surface area contributed by atoms with Crippen molar-refractivity contribution in [2.24, 2.45) is 0 Å². The van der Waals surface area contributed by atoms with E-state index in [0.29, 0.717) is 32.5 Å². The Hall–Kier alpha value is -2.03. The Bertz CT molecular complexity index is 481. The third kappa shape index (κ3) is 7.59. The first kappa shape index (κ1) is 21.0. The molecule has 2 amide bonds. The second kappa shape index (κ2) is 8.89. The molecule has 0 aromatic rings. The van der Waals surface area contributed by atoms with E-state index in [-0.39, 0.29) is 19.1 Å². The Morgan fingerprint density at radius 3 is 2.28 bits per heavy atom. The third-order valence-corrected chi connectivity index (χ3v) is 3.78. The first-order valence-electron chi connectivity index (χ1n) is 8.42. The van der Waals surface area contributed by atoms with Gasteiger partial charge in [0.25, 0.3) is 0 Å². The summed E-state index contributed by atoms with van der Waals surface area (Å²) >= 11 is 0. The smallest absolute Gasteiger partial charge is 0.410 e. The van der Waals surface area contributed by atoms with Crippen molar-refractivity contribution in [2.45, 2.75) is 51.7 Å². The van der Waals surface area contributed by atoms with E-state index in [4.69, 9.17) is 14.6 Å². The molecule has 3 N–H and O–H groups in total. The molecule has 9 heteroatoms. The Kier molecular flexibility index (Phi) is 7.47. The van der Waals surface area contributed by atoms with E-state index in [1.54, 1.807) is 32.6 Å². The third-order valence-electron chi connectivity index (χ3n) is 3.78. The average molecular weight is 359 g/mol. The Morgan fingerprint density at radius 1 is 1.20 bits per heavy atom. The Morgan fingerprint density at radius 2 is 1.80 bits per heavy atom. The molecule has 25 heavy (non-hydrogen) atoms. The zero-order valence-corrected chi connectivity index (χ0v) is 15.4. The number of nitrogens with zero attached hydrogens (tertiary/aromatic N) is 1. The number of likely N-dealkylation sites (tertiary alicyclic amines) is 1. The molecular weight excluding hydrogens is 330 g/mol. The molecule has 0 bridgehead atoms. The van der Waals surface area contributed by atoms with E-state index in [9.17, 15) is 14.4 Å². The minimum absolute atomic E-state index is 0.00662. The van der Waals surface area contributed by atoms with Gasteiger partial charge in [-0.3, -0.25) is 4.79 Å². The second-order valence-electron chi connectivity index (χ2n) is 7.09. The molecule has 0 saturated carbocycles. The molecule has 0 atom stereocenters. The number of ether oxygens (including phenoxy) is 2. The lowest BCUT2D eigenvalue weighted by atomic mass is 9.87.